The van der Waals surface area contributed by atoms with E-state index >= 15 is 0 Å². The molecule has 2 heterocycles. The second kappa shape index (κ2) is 8.01. The maximum atomic E-state index is 10.3. The molecular formula is C14H14N8O2S2. The van der Waals surface area contributed by atoms with Crippen molar-refractivity contribution in [2.24, 2.45) is 34.9 Å². The van der Waals surface area contributed by atoms with Gasteiger partial charge < -0.3 is 0 Å². The summed E-state index contributed by atoms with van der Waals surface area (Å²) in [6, 6.07) is 8.10. The van der Waals surface area contributed by atoms with Crippen LogP contribution in [0, 0.1) is 9.81 Å². The summed E-state index contributed by atoms with van der Waals surface area (Å²) in [6.45, 7) is 0. The summed E-state index contributed by atoms with van der Waals surface area (Å²) in [5.74, 6) is 0. The van der Waals surface area contributed by atoms with Gasteiger partial charge in [-0.3, -0.25) is 0 Å². The Labute approximate surface area is 155 Å². The normalized spacial score (nSPS) is 12.5. The van der Waals surface area contributed by atoms with Crippen LogP contribution in [0.15, 0.2) is 45.0 Å². The van der Waals surface area contributed by atoms with Crippen molar-refractivity contribution in [2.75, 3.05) is 0 Å². The zero-order valence-electron chi connectivity index (χ0n) is 13.9. The van der Waals surface area contributed by atoms with Gasteiger partial charge >= 0.3 is 0 Å². The second-order valence-electron chi connectivity index (χ2n) is 5.34. The van der Waals surface area contributed by atoms with E-state index < -0.39 is 0 Å². The van der Waals surface area contributed by atoms with Crippen LogP contribution in [-0.4, -0.2) is 19.6 Å². The summed E-state index contributed by atoms with van der Waals surface area (Å²) in [5.41, 5.74) is 2.19. The van der Waals surface area contributed by atoms with Crippen molar-refractivity contribution in [3.05, 3.63) is 64.8 Å². The molecule has 0 aliphatic carbocycles. The summed E-state index contributed by atoms with van der Waals surface area (Å²) in [7, 11) is 3.45. The molecule has 0 bridgehead atoms. The fourth-order valence-electron chi connectivity index (χ4n) is 2.31. The van der Waals surface area contributed by atoms with E-state index in [1.165, 1.54) is 32.0 Å². The molecule has 12 heteroatoms. The average molecular weight is 390 g/mol. The third-order valence-corrected chi connectivity index (χ3v) is 5.46. The smallest absolute Gasteiger partial charge is 0.231 e. The largest absolute Gasteiger partial charge is 0.240 e. The molecule has 0 saturated heterocycles. The fourth-order valence-corrected chi connectivity index (χ4v) is 4.03. The van der Waals surface area contributed by atoms with Gasteiger partial charge in [0.2, 0.25) is 9.60 Å². The van der Waals surface area contributed by atoms with Crippen LogP contribution >= 0.6 is 22.7 Å². The molecule has 0 radical (unpaired) electrons. The maximum absolute atomic E-state index is 10.3. The molecule has 0 atom stereocenters. The van der Waals surface area contributed by atoms with E-state index in [9.17, 15) is 9.81 Å². The summed E-state index contributed by atoms with van der Waals surface area (Å²) >= 11 is 2.66. The van der Waals surface area contributed by atoms with Gasteiger partial charge in [0.25, 0.3) is 0 Å². The number of hydrogen-bond donors (Lipinski definition) is 0. The lowest BCUT2D eigenvalue weighted by Crippen LogP contribution is -2.10. The first kappa shape index (κ1) is 17.9. The number of hydrogen-bond acceptors (Lipinski definition) is 8. The number of rotatable bonds is 6. The van der Waals surface area contributed by atoms with E-state index in [2.05, 4.69) is 31.0 Å². The Morgan fingerprint density at radius 3 is 1.54 bits per heavy atom. The monoisotopic (exact) mass is 390 g/mol. The van der Waals surface area contributed by atoms with Crippen molar-refractivity contribution >= 4 is 22.7 Å². The van der Waals surface area contributed by atoms with Crippen molar-refractivity contribution < 1.29 is 0 Å². The predicted molar refractivity (Wildman–Crippen MR) is 96.9 cm³/mol. The summed E-state index contributed by atoms with van der Waals surface area (Å²) in [6.07, 6.45) is 1.29. The molecule has 0 aliphatic rings. The molecule has 26 heavy (non-hydrogen) atoms. The van der Waals surface area contributed by atoms with Gasteiger partial charge in [-0.15, -0.1) is 9.81 Å². The molecule has 10 nitrogen and oxygen atoms in total. The van der Waals surface area contributed by atoms with Crippen LogP contribution < -0.4 is 9.60 Å². The van der Waals surface area contributed by atoms with Crippen LogP contribution in [0.25, 0.3) is 0 Å². The minimum atomic E-state index is 0.467. The molecule has 3 rings (SSSR count). The molecule has 0 N–H and O–H groups in total. The quantitative estimate of drug-likeness (QED) is 0.469. The first-order chi connectivity index (χ1) is 12.6. The highest BCUT2D eigenvalue weighted by Crippen LogP contribution is 2.14. The lowest BCUT2D eigenvalue weighted by molar-refractivity contribution is 0.706. The fraction of sp³-hybridized carbons (Fsp3) is 0.286. The second-order valence-corrected chi connectivity index (χ2v) is 7.42. The number of nitroso groups, excluding NO2 is 2. The number of aryl methyl sites for hydroxylation is 2. The van der Waals surface area contributed by atoms with Gasteiger partial charge in [0.05, 0.1) is 10.6 Å². The lowest BCUT2D eigenvalue weighted by atomic mass is 10.1. The topological polar surface area (TPSA) is 119 Å². The first-order valence-corrected chi connectivity index (χ1v) is 9.09. The standard InChI is InChI=1S/C14H14N8O2S2/c1-21-13(15-19-23)25-11(17-21)7-9-3-5-10(6-4-9)8-12-18-22(2)14(26-12)16-20-24/h3-6H,7-8H2,1-2H3/b15-13+,16-14+. The molecule has 0 amide bonds. The highest BCUT2D eigenvalue weighted by atomic mass is 32.1. The van der Waals surface area contributed by atoms with Crippen LogP contribution in [0.1, 0.15) is 21.1 Å². The van der Waals surface area contributed by atoms with Gasteiger partial charge in [-0.2, -0.15) is 10.2 Å². The van der Waals surface area contributed by atoms with E-state index in [1.807, 2.05) is 24.3 Å². The van der Waals surface area contributed by atoms with E-state index in [-0.39, 0.29) is 0 Å². The first-order valence-electron chi connectivity index (χ1n) is 7.45. The van der Waals surface area contributed by atoms with Crippen molar-refractivity contribution in [1.29, 1.82) is 0 Å². The molecule has 2 aromatic heterocycles. The molecule has 134 valence electrons. The highest BCUT2D eigenvalue weighted by molar-refractivity contribution is 7.09. The van der Waals surface area contributed by atoms with Crippen LogP contribution in [0.3, 0.4) is 0 Å². The highest BCUT2D eigenvalue weighted by Gasteiger charge is 2.06. The summed E-state index contributed by atoms with van der Waals surface area (Å²) < 4.78 is 3.07. The van der Waals surface area contributed by atoms with Gasteiger partial charge in [-0.05, 0) is 11.1 Å². The van der Waals surface area contributed by atoms with Gasteiger partial charge in [0.1, 0.15) is 10.0 Å². The molecule has 3 aromatic rings. The van der Waals surface area contributed by atoms with Gasteiger partial charge in [-0.1, -0.05) is 57.1 Å². The Bertz CT molecular complexity index is 973. The van der Waals surface area contributed by atoms with E-state index in [0.29, 0.717) is 22.4 Å². The Morgan fingerprint density at radius 1 is 0.808 bits per heavy atom. The Hall–Kier alpha value is -2.86. The van der Waals surface area contributed by atoms with E-state index in [4.69, 9.17) is 0 Å². The number of benzene rings is 1. The van der Waals surface area contributed by atoms with Crippen LogP contribution in [0.4, 0.5) is 0 Å². The van der Waals surface area contributed by atoms with Crippen LogP contribution in [0.2, 0.25) is 0 Å². The van der Waals surface area contributed by atoms with Crippen molar-refractivity contribution in [1.82, 2.24) is 19.6 Å². The minimum absolute atomic E-state index is 0.467. The lowest BCUT2D eigenvalue weighted by Gasteiger charge is -2.01. The minimum Gasteiger partial charge on any atom is -0.240 e. The summed E-state index contributed by atoms with van der Waals surface area (Å²) in [4.78, 5) is 21.4. The van der Waals surface area contributed by atoms with Crippen molar-refractivity contribution in [3.63, 3.8) is 0 Å². The Morgan fingerprint density at radius 2 is 1.19 bits per heavy atom. The van der Waals surface area contributed by atoms with E-state index in [1.54, 1.807) is 14.1 Å². The molecule has 0 saturated carbocycles. The number of nitrogens with zero attached hydrogens (tertiary/aromatic N) is 8. The Balaban J connectivity index is 1.72. The van der Waals surface area contributed by atoms with Gasteiger partial charge in [-0.25, -0.2) is 9.36 Å². The molecular weight excluding hydrogens is 376 g/mol. The third kappa shape index (κ3) is 4.21. The van der Waals surface area contributed by atoms with Gasteiger partial charge in [0.15, 0.2) is 0 Å². The maximum Gasteiger partial charge on any atom is 0.231 e. The predicted octanol–water partition coefficient (Wildman–Crippen LogP) is 1.62. The third-order valence-electron chi connectivity index (χ3n) is 3.48. The molecule has 0 fully saturated rings. The molecule has 1 aromatic carbocycles. The van der Waals surface area contributed by atoms with E-state index in [0.717, 1.165) is 21.1 Å². The Kier molecular flexibility index (Phi) is 5.53. The van der Waals surface area contributed by atoms with Crippen molar-refractivity contribution in [3.8, 4) is 0 Å². The zero-order chi connectivity index (χ0) is 18.5. The van der Waals surface area contributed by atoms with Crippen LogP contribution in [0.5, 0.6) is 0 Å². The van der Waals surface area contributed by atoms with Gasteiger partial charge in [0, 0.05) is 26.9 Å². The number of aromatic nitrogens is 4. The average Bonchev–Trinajstić information content (AvgIpc) is 3.13. The molecule has 0 spiro atoms. The summed E-state index contributed by atoms with van der Waals surface area (Å²) in [5, 5.41) is 22.5. The van der Waals surface area contributed by atoms with Crippen LogP contribution in [-0.2, 0) is 26.9 Å². The zero-order valence-corrected chi connectivity index (χ0v) is 15.6. The molecule has 0 aliphatic heterocycles. The van der Waals surface area contributed by atoms with Crippen molar-refractivity contribution in [2.45, 2.75) is 12.8 Å². The SMILES string of the molecule is Cn1nc(Cc2ccc(Cc3nn(C)/c(=N\N=O)s3)cc2)s/c1=N/N=O. The molecule has 0 unspecified atom stereocenters.